The maximum atomic E-state index is 12.2. The monoisotopic (exact) mass is 289 g/mol. The molecule has 1 unspecified atom stereocenters. The highest BCUT2D eigenvalue weighted by Gasteiger charge is 2.26. The fraction of sp³-hybridized carbons (Fsp3) is 0.214. The summed E-state index contributed by atoms with van der Waals surface area (Å²) >= 11 is 5.75. The highest BCUT2D eigenvalue weighted by molar-refractivity contribution is 6.29. The summed E-state index contributed by atoms with van der Waals surface area (Å²) in [6, 6.07) is 9.27. The van der Waals surface area contributed by atoms with Crippen LogP contribution in [0.3, 0.4) is 0 Å². The number of rotatable bonds is 2. The zero-order valence-electron chi connectivity index (χ0n) is 10.5. The van der Waals surface area contributed by atoms with Crippen molar-refractivity contribution >= 4 is 23.5 Å². The molecule has 20 heavy (non-hydrogen) atoms. The van der Waals surface area contributed by atoms with Crippen LogP contribution in [0.25, 0.3) is 0 Å². The highest BCUT2D eigenvalue weighted by atomic mass is 35.5. The van der Waals surface area contributed by atoms with Crippen LogP contribution in [0.4, 0.5) is 5.95 Å². The van der Waals surface area contributed by atoms with E-state index in [1.807, 2.05) is 24.3 Å². The van der Waals surface area contributed by atoms with E-state index in [0.717, 1.165) is 11.3 Å². The van der Waals surface area contributed by atoms with Crippen LogP contribution >= 0.6 is 11.6 Å². The number of amides is 1. The van der Waals surface area contributed by atoms with Crippen molar-refractivity contribution in [2.24, 2.45) is 5.92 Å². The molecule has 1 aliphatic heterocycles. The molecule has 6 heteroatoms. The Bertz CT molecular complexity index is 648. The second kappa shape index (κ2) is 5.46. The van der Waals surface area contributed by atoms with Crippen LogP contribution in [-0.2, 0) is 11.2 Å². The number of nitrogens with one attached hydrogen (secondary N) is 1. The first-order valence-corrected chi connectivity index (χ1v) is 6.60. The van der Waals surface area contributed by atoms with Gasteiger partial charge >= 0.3 is 0 Å². The Labute approximate surface area is 121 Å². The number of hydrogen-bond donors (Lipinski definition) is 1. The minimum atomic E-state index is -0.257. The summed E-state index contributed by atoms with van der Waals surface area (Å²) in [7, 11) is 0. The minimum Gasteiger partial charge on any atom is -0.492 e. The molecule has 2 aromatic rings. The van der Waals surface area contributed by atoms with E-state index in [1.54, 1.807) is 6.07 Å². The van der Waals surface area contributed by atoms with Crippen molar-refractivity contribution in [3.05, 3.63) is 47.2 Å². The molecule has 0 spiro atoms. The number of aromatic nitrogens is 2. The summed E-state index contributed by atoms with van der Waals surface area (Å²) in [4.78, 5) is 20.1. The van der Waals surface area contributed by atoms with Crippen LogP contribution in [-0.4, -0.2) is 22.5 Å². The Balaban J connectivity index is 1.70. The fourth-order valence-electron chi connectivity index (χ4n) is 2.11. The van der Waals surface area contributed by atoms with Crippen LogP contribution in [0.2, 0.25) is 5.15 Å². The molecule has 3 rings (SSSR count). The van der Waals surface area contributed by atoms with Crippen LogP contribution in [0.15, 0.2) is 36.5 Å². The van der Waals surface area contributed by atoms with Crippen molar-refractivity contribution in [2.45, 2.75) is 6.42 Å². The Morgan fingerprint density at radius 2 is 2.20 bits per heavy atom. The van der Waals surface area contributed by atoms with E-state index < -0.39 is 0 Å². The second-order valence-electron chi connectivity index (χ2n) is 4.51. The highest BCUT2D eigenvalue weighted by Crippen LogP contribution is 2.27. The molecular formula is C14H12ClN3O2. The predicted molar refractivity (Wildman–Crippen MR) is 74.8 cm³/mol. The maximum absolute atomic E-state index is 12.2. The third kappa shape index (κ3) is 2.72. The van der Waals surface area contributed by atoms with E-state index >= 15 is 0 Å². The van der Waals surface area contributed by atoms with Crippen molar-refractivity contribution in [1.82, 2.24) is 9.97 Å². The standard InChI is InChI=1S/C14H12ClN3O2/c15-12-5-6-16-14(17-12)18-13(19)10-7-9-3-1-2-4-11(9)20-8-10/h1-6,10H,7-8H2,(H,16,17,18,19). The Kier molecular flexibility index (Phi) is 3.52. The molecule has 1 aromatic carbocycles. The zero-order chi connectivity index (χ0) is 13.9. The molecule has 5 nitrogen and oxygen atoms in total. The quantitative estimate of drug-likeness (QED) is 0.862. The number of carbonyl (C=O) groups is 1. The summed E-state index contributed by atoms with van der Waals surface area (Å²) in [5, 5.41) is 2.95. The van der Waals surface area contributed by atoms with Gasteiger partial charge in [-0.25, -0.2) is 9.97 Å². The molecule has 0 bridgehead atoms. The van der Waals surface area contributed by atoms with Gasteiger partial charge in [-0.15, -0.1) is 0 Å². The van der Waals surface area contributed by atoms with Gasteiger partial charge in [0.2, 0.25) is 11.9 Å². The molecule has 1 aliphatic rings. The van der Waals surface area contributed by atoms with Gasteiger partial charge in [0.25, 0.3) is 0 Å². The van der Waals surface area contributed by atoms with Gasteiger partial charge in [0.05, 0.1) is 5.92 Å². The summed E-state index contributed by atoms with van der Waals surface area (Å²) < 4.78 is 5.59. The van der Waals surface area contributed by atoms with Crippen LogP contribution in [0, 0.1) is 5.92 Å². The van der Waals surface area contributed by atoms with Crippen molar-refractivity contribution in [3.63, 3.8) is 0 Å². The first kappa shape index (κ1) is 12.9. The summed E-state index contributed by atoms with van der Waals surface area (Å²) in [6.07, 6.45) is 2.14. The number of fused-ring (bicyclic) bond motifs is 1. The number of nitrogens with zero attached hydrogens (tertiary/aromatic N) is 2. The van der Waals surface area contributed by atoms with E-state index in [0.29, 0.717) is 18.2 Å². The van der Waals surface area contributed by atoms with E-state index in [1.165, 1.54) is 6.20 Å². The van der Waals surface area contributed by atoms with Crippen molar-refractivity contribution < 1.29 is 9.53 Å². The first-order chi connectivity index (χ1) is 9.72. The van der Waals surface area contributed by atoms with Crippen molar-refractivity contribution in [2.75, 3.05) is 11.9 Å². The predicted octanol–water partition coefficient (Wildman–Crippen LogP) is 2.32. The molecule has 1 N–H and O–H groups in total. The number of hydrogen-bond acceptors (Lipinski definition) is 4. The number of halogens is 1. The van der Waals surface area contributed by atoms with Gasteiger partial charge in [0.1, 0.15) is 17.5 Å². The van der Waals surface area contributed by atoms with Gasteiger partial charge in [-0.05, 0) is 24.1 Å². The van der Waals surface area contributed by atoms with Crippen LogP contribution in [0.1, 0.15) is 5.56 Å². The molecule has 2 heterocycles. The normalized spacial score (nSPS) is 16.9. The van der Waals surface area contributed by atoms with Crippen molar-refractivity contribution in [3.8, 4) is 5.75 Å². The number of benzene rings is 1. The first-order valence-electron chi connectivity index (χ1n) is 6.22. The van der Waals surface area contributed by atoms with Gasteiger partial charge in [-0.2, -0.15) is 0 Å². The molecule has 1 amide bonds. The SMILES string of the molecule is O=C(Nc1nccc(Cl)n1)C1COc2ccccc2C1. The molecule has 102 valence electrons. The lowest BCUT2D eigenvalue weighted by molar-refractivity contribution is -0.121. The molecule has 1 atom stereocenters. The Morgan fingerprint density at radius 3 is 3.05 bits per heavy atom. The topological polar surface area (TPSA) is 64.1 Å². The number of anilines is 1. The molecule has 0 saturated carbocycles. The zero-order valence-corrected chi connectivity index (χ0v) is 11.3. The Morgan fingerprint density at radius 1 is 1.35 bits per heavy atom. The number of ether oxygens (including phenoxy) is 1. The number of carbonyl (C=O) groups excluding carboxylic acids is 1. The van der Waals surface area contributed by atoms with Gasteiger partial charge < -0.3 is 4.74 Å². The Hall–Kier alpha value is -2.14. The van der Waals surface area contributed by atoms with Gasteiger partial charge in [-0.3, -0.25) is 10.1 Å². The van der Waals surface area contributed by atoms with E-state index in [4.69, 9.17) is 16.3 Å². The minimum absolute atomic E-state index is 0.165. The summed E-state index contributed by atoms with van der Waals surface area (Å²) in [6.45, 7) is 0.351. The van der Waals surface area contributed by atoms with Gasteiger partial charge in [0.15, 0.2) is 0 Å². The third-order valence-corrected chi connectivity index (χ3v) is 3.32. The average molecular weight is 290 g/mol. The lowest BCUT2D eigenvalue weighted by Gasteiger charge is -2.24. The number of para-hydroxylation sites is 1. The van der Waals surface area contributed by atoms with E-state index in [-0.39, 0.29) is 17.8 Å². The van der Waals surface area contributed by atoms with Gasteiger partial charge in [-0.1, -0.05) is 29.8 Å². The second-order valence-corrected chi connectivity index (χ2v) is 4.90. The largest absolute Gasteiger partial charge is 0.492 e. The molecule has 0 saturated heterocycles. The lowest BCUT2D eigenvalue weighted by atomic mass is 9.96. The third-order valence-electron chi connectivity index (χ3n) is 3.11. The van der Waals surface area contributed by atoms with Crippen LogP contribution < -0.4 is 10.1 Å². The molecule has 0 radical (unpaired) electrons. The average Bonchev–Trinajstić information content (AvgIpc) is 2.47. The molecule has 1 aromatic heterocycles. The van der Waals surface area contributed by atoms with E-state index in [9.17, 15) is 4.79 Å². The summed E-state index contributed by atoms with van der Waals surface area (Å²) in [5.41, 5.74) is 1.03. The molecular weight excluding hydrogens is 278 g/mol. The molecule has 0 aliphatic carbocycles. The molecule has 0 fully saturated rings. The fourth-order valence-corrected chi connectivity index (χ4v) is 2.24. The van der Waals surface area contributed by atoms with E-state index in [2.05, 4.69) is 15.3 Å². The smallest absolute Gasteiger partial charge is 0.233 e. The van der Waals surface area contributed by atoms with Crippen LogP contribution in [0.5, 0.6) is 5.75 Å². The lowest BCUT2D eigenvalue weighted by Crippen LogP contribution is -2.33. The summed E-state index contributed by atoms with van der Waals surface area (Å²) in [5.74, 6) is 0.631. The maximum Gasteiger partial charge on any atom is 0.233 e. The van der Waals surface area contributed by atoms with Gasteiger partial charge in [0, 0.05) is 6.20 Å². The van der Waals surface area contributed by atoms with Crippen molar-refractivity contribution in [1.29, 1.82) is 0 Å².